The Balaban J connectivity index is 4.19. The zero-order valence-electron chi connectivity index (χ0n) is 6.73. The van der Waals surface area contributed by atoms with Crippen LogP contribution in [0.25, 0.3) is 0 Å². The number of hydrogen-bond donors (Lipinski definition) is 0. The molecule has 0 bridgehead atoms. The maximum atomic E-state index is 10.9. The zero-order chi connectivity index (χ0) is 9.78. The van der Waals surface area contributed by atoms with Crippen LogP contribution in [0.2, 0.25) is 0 Å². The summed E-state index contributed by atoms with van der Waals surface area (Å²) >= 11 is 15.8. The van der Waals surface area contributed by atoms with E-state index in [9.17, 15) is 4.79 Å². The van der Waals surface area contributed by atoms with Crippen LogP contribution in [-0.2, 0) is 9.53 Å². The minimum absolute atomic E-state index is 0.492. The van der Waals surface area contributed by atoms with Crippen molar-refractivity contribution in [2.45, 2.75) is 24.1 Å². The fourth-order valence-electron chi connectivity index (χ4n) is 0.512. The summed E-state index contributed by atoms with van der Waals surface area (Å²) in [5.74, 6) is -0.381. The average Bonchev–Trinajstić information content (AvgIpc) is 1.97. The van der Waals surface area contributed by atoms with Crippen molar-refractivity contribution >= 4 is 40.8 Å². The van der Waals surface area contributed by atoms with E-state index in [1.165, 1.54) is 0 Å². The van der Waals surface area contributed by atoms with E-state index in [1.54, 1.807) is 13.0 Å². The first kappa shape index (κ1) is 12.1. The van der Waals surface area contributed by atoms with Gasteiger partial charge in [0, 0.05) is 6.42 Å². The van der Waals surface area contributed by atoms with Crippen molar-refractivity contribution in [3.63, 3.8) is 0 Å². The zero-order valence-corrected chi connectivity index (χ0v) is 9.00. The average molecular weight is 232 g/mol. The van der Waals surface area contributed by atoms with Crippen LogP contribution in [-0.4, -0.2) is 9.76 Å². The molecule has 70 valence electrons. The van der Waals surface area contributed by atoms with E-state index in [0.717, 1.165) is 0 Å². The van der Waals surface area contributed by atoms with Crippen molar-refractivity contribution in [2.24, 2.45) is 0 Å². The third-order valence-electron chi connectivity index (χ3n) is 1.13. The van der Waals surface area contributed by atoms with Crippen molar-refractivity contribution in [1.29, 1.82) is 0 Å². The summed E-state index contributed by atoms with van der Waals surface area (Å²) in [5.41, 5.74) is 0. The van der Waals surface area contributed by atoms with Gasteiger partial charge in [0.05, 0.1) is 0 Å². The fourth-order valence-corrected chi connectivity index (χ4v) is 0.628. The molecule has 0 amide bonds. The molecule has 0 atom stereocenters. The van der Waals surface area contributed by atoms with Gasteiger partial charge in [0.15, 0.2) is 0 Å². The molecular formula is C7H9Cl3O2. The molecule has 0 saturated carbocycles. The van der Waals surface area contributed by atoms with Crippen LogP contribution in [0.1, 0.15) is 20.3 Å². The highest BCUT2D eigenvalue weighted by Gasteiger charge is 2.33. The van der Waals surface area contributed by atoms with Gasteiger partial charge in [-0.25, -0.2) is 4.79 Å². The Labute approximate surface area is 86.4 Å². The lowest BCUT2D eigenvalue weighted by atomic mass is 10.4. The highest BCUT2D eigenvalue weighted by Crippen LogP contribution is 2.28. The number of esters is 1. The van der Waals surface area contributed by atoms with Crippen LogP contribution < -0.4 is 0 Å². The monoisotopic (exact) mass is 230 g/mol. The van der Waals surface area contributed by atoms with Gasteiger partial charge in [-0.1, -0.05) is 41.7 Å². The lowest BCUT2D eigenvalue weighted by Crippen LogP contribution is -2.21. The molecular weight excluding hydrogens is 222 g/mol. The number of carbonyl (C=O) groups is 1. The molecule has 2 nitrogen and oxygen atoms in total. The van der Waals surface area contributed by atoms with E-state index in [2.05, 4.69) is 0 Å². The maximum Gasteiger partial charge on any atom is 0.363 e. The van der Waals surface area contributed by atoms with Crippen LogP contribution in [0, 0.1) is 0 Å². The van der Waals surface area contributed by atoms with Crippen LogP contribution in [0.15, 0.2) is 11.8 Å². The van der Waals surface area contributed by atoms with Crippen LogP contribution in [0.3, 0.4) is 0 Å². The Bertz CT molecular complexity index is 193. The number of rotatable bonds is 2. The number of alkyl halides is 3. The van der Waals surface area contributed by atoms with E-state index in [0.29, 0.717) is 12.2 Å². The topological polar surface area (TPSA) is 26.3 Å². The third-order valence-corrected chi connectivity index (χ3v) is 1.59. The Morgan fingerprint density at radius 1 is 1.50 bits per heavy atom. The molecule has 0 aromatic carbocycles. The molecule has 0 spiro atoms. The van der Waals surface area contributed by atoms with E-state index >= 15 is 0 Å². The normalized spacial score (nSPS) is 12.9. The van der Waals surface area contributed by atoms with Gasteiger partial charge in [0.25, 0.3) is 3.79 Å². The van der Waals surface area contributed by atoms with Crippen molar-refractivity contribution in [1.82, 2.24) is 0 Å². The molecule has 0 rings (SSSR count). The Morgan fingerprint density at radius 2 is 2.00 bits per heavy atom. The molecule has 0 aromatic heterocycles. The smallest absolute Gasteiger partial charge is 0.363 e. The predicted octanol–water partition coefficient (Wildman–Crippen LogP) is 3.21. The van der Waals surface area contributed by atoms with Gasteiger partial charge >= 0.3 is 5.97 Å². The van der Waals surface area contributed by atoms with Crippen molar-refractivity contribution < 1.29 is 9.53 Å². The Hall–Kier alpha value is 0.0800. The predicted molar refractivity (Wildman–Crippen MR) is 50.4 cm³/mol. The second-order valence-corrected chi connectivity index (χ2v) is 4.28. The molecule has 0 aliphatic carbocycles. The molecule has 0 aliphatic rings. The van der Waals surface area contributed by atoms with Gasteiger partial charge < -0.3 is 4.74 Å². The minimum atomic E-state index is -2.00. The molecule has 5 heteroatoms. The largest absolute Gasteiger partial charge is 0.428 e. The summed E-state index contributed by atoms with van der Waals surface area (Å²) in [6, 6.07) is 0. The summed E-state index contributed by atoms with van der Waals surface area (Å²) in [5, 5.41) is 0. The first-order valence-electron chi connectivity index (χ1n) is 3.36. The van der Waals surface area contributed by atoms with E-state index in [1.807, 2.05) is 6.92 Å². The summed E-state index contributed by atoms with van der Waals surface area (Å²) in [7, 11) is 0. The van der Waals surface area contributed by atoms with E-state index in [4.69, 9.17) is 39.5 Å². The van der Waals surface area contributed by atoms with Gasteiger partial charge in [-0.2, -0.15) is 0 Å². The molecule has 0 aliphatic heterocycles. The summed E-state index contributed by atoms with van der Waals surface area (Å²) in [4.78, 5) is 10.9. The number of carbonyl (C=O) groups excluding carboxylic acids is 1. The summed E-state index contributed by atoms with van der Waals surface area (Å²) < 4.78 is 2.74. The summed E-state index contributed by atoms with van der Waals surface area (Å²) in [6.07, 6.45) is 2.23. The SMILES string of the molecule is C/C=C(\CC)OC(=O)C(Cl)(Cl)Cl. The van der Waals surface area contributed by atoms with Crippen LogP contribution in [0.5, 0.6) is 0 Å². The number of allylic oxidation sites excluding steroid dienone is 2. The van der Waals surface area contributed by atoms with Crippen molar-refractivity contribution in [2.75, 3.05) is 0 Å². The standard InChI is InChI=1S/C7H9Cl3O2/c1-3-5(4-2)12-6(11)7(8,9)10/h3H,4H2,1-2H3/b5-3+. The second kappa shape index (κ2) is 4.95. The van der Waals surface area contributed by atoms with Gasteiger partial charge in [0.1, 0.15) is 5.76 Å². The molecule has 0 fully saturated rings. The number of ether oxygens (including phenoxy) is 1. The Morgan fingerprint density at radius 3 is 2.25 bits per heavy atom. The summed E-state index contributed by atoms with van der Waals surface area (Å²) in [6.45, 7) is 3.57. The molecule has 0 saturated heterocycles. The van der Waals surface area contributed by atoms with Gasteiger partial charge in [-0.15, -0.1) is 0 Å². The first-order valence-corrected chi connectivity index (χ1v) is 4.49. The highest BCUT2D eigenvalue weighted by molar-refractivity contribution is 6.75. The van der Waals surface area contributed by atoms with E-state index in [-0.39, 0.29) is 0 Å². The van der Waals surface area contributed by atoms with Gasteiger partial charge in [-0.05, 0) is 13.0 Å². The van der Waals surface area contributed by atoms with Gasteiger partial charge in [0.2, 0.25) is 0 Å². The van der Waals surface area contributed by atoms with Crippen LogP contribution in [0.4, 0.5) is 0 Å². The number of hydrogen-bond acceptors (Lipinski definition) is 2. The lowest BCUT2D eigenvalue weighted by molar-refractivity contribution is -0.138. The third kappa shape index (κ3) is 4.19. The number of halogens is 3. The second-order valence-electron chi connectivity index (χ2n) is 2.00. The molecule has 0 N–H and O–H groups in total. The van der Waals surface area contributed by atoms with Crippen molar-refractivity contribution in [3.05, 3.63) is 11.8 Å². The molecule has 0 aromatic rings. The minimum Gasteiger partial charge on any atom is -0.428 e. The highest BCUT2D eigenvalue weighted by atomic mass is 35.6. The lowest BCUT2D eigenvalue weighted by Gasteiger charge is -2.11. The van der Waals surface area contributed by atoms with Gasteiger partial charge in [-0.3, -0.25) is 0 Å². The van der Waals surface area contributed by atoms with Crippen LogP contribution >= 0.6 is 34.8 Å². The maximum absolute atomic E-state index is 10.9. The molecule has 0 heterocycles. The fraction of sp³-hybridized carbons (Fsp3) is 0.571. The first-order chi connectivity index (χ1) is 5.41. The quantitative estimate of drug-likeness (QED) is 0.414. The van der Waals surface area contributed by atoms with E-state index < -0.39 is 9.76 Å². The molecule has 12 heavy (non-hydrogen) atoms. The Kier molecular flexibility index (Phi) is 4.98. The van der Waals surface area contributed by atoms with Crippen molar-refractivity contribution in [3.8, 4) is 0 Å². The molecule has 0 unspecified atom stereocenters. The molecule has 0 radical (unpaired) electrons.